The van der Waals surface area contributed by atoms with Crippen molar-refractivity contribution >= 4 is 35.1 Å². The number of benzene rings is 3. The van der Waals surface area contributed by atoms with E-state index in [1.54, 1.807) is 36.4 Å². The molecule has 176 valence electrons. The summed E-state index contributed by atoms with van der Waals surface area (Å²) in [5.41, 5.74) is 1.98. The van der Waals surface area contributed by atoms with Gasteiger partial charge in [0.25, 0.3) is 11.6 Å². The number of hydrogen-bond donors (Lipinski definition) is 1. The maximum atomic E-state index is 11.9. The molecule has 0 heterocycles. The molecule has 3 rings (SSSR count). The Bertz CT molecular complexity index is 1150. The molecule has 0 fully saturated rings. The van der Waals surface area contributed by atoms with E-state index in [0.29, 0.717) is 29.4 Å². The van der Waals surface area contributed by atoms with Gasteiger partial charge in [0.2, 0.25) is 0 Å². The number of oxime groups is 1. The molecule has 0 radical (unpaired) electrons. The molecule has 9 nitrogen and oxygen atoms in total. The average molecular weight is 484 g/mol. The standard InChI is InChI=1S/C24H22ClN3O6/c1-2-32-22-13-18(14-26-34-16-23(29)27-19-6-4-3-5-7-19)12-21(25)24(22)33-15-17-8-10-20(11-9-17)28(30)31/h3-14H,2,15-16H2,1H3,(H,27,29). The Balaban J connectivity index is 1.60. The van der Waals surface area contributed by atoms with Gasteiger partial charge in [-0.1, -0.05) is 35.0 Å². The Kier molecular flexibility index (Phi) is 8.81. The number of nitro groups is 1. The van der Waals surface area contributed by atoms with E-state index in [1.807, 2.05) is 25.1 Å². The van der Waals surface area contributed by atoms with E-state index in [4.69, 9.17) is 25.9 Å². The molecule has 0 aliphatic heterocycles. The normalized spacial score (nSPS) is 10.6. The first kappa shape index (κ1) is 24.5. The lowest BCUT2D eigenvalue weighted by Gasteiger charge is -2.14. The third kappa shape index (κ3) is 7.21. The predicted molar refractivity (Wildman–Crippen MR) is 129 cm³/mol. The number of rotatable bonds is 11. The second kappa shape index (κ2) is 12.2. The van der Waals surface area contributed by atoms with Gasteiger partial charge in [0.15, 0.2) is 18.1 Å². The fraction of sp³-hybridized carbons (Fsp3) is 0.167. The monoisotopic (exact) mass is 483 g/mol. The van der Waals surface area contributed by atoms with E-state index < -0.39 is 4.92 Å². The van der Waals surface area contributed by atoms with Crippen LogP contribution < -0.4 is 14.8 Å². The van der Waals surface area contributed by atoms with Gasteiger partial charge in [0, 0.05) is 23.4 Å². The maximum Gasteiger partial charge on any atom is 0.269 e. The van der Waals surface area contributed by atoms with E-state index in [-0.39, 0.29) is 29.8 Å². The number of hydrogen-bond acceptors (Lipinski definition) is 7. The second-order valence-corrected chi connectivity index (χ2v) is 7.30. The molecular weight excluding hydrogens is 462 g/mol. The number of halogens is 1. The molecule has 10 heteroatoms. The number of ether oxygens (including phenoxy) is 2. The van der Waals surface area contributed by atoms with Crippen LogP contribution in [0.25, 0.3) is 0 Å². The van der Waals surface area contributed by atoms with Crippen molar-refractivity contribution in [2.75, 3.05) is 18.5 Å². The van der Waals surface area contributed by atoms with Crippen molar-refractivity contribution in [3.63, 3.8) is 0 Å². The summed E-state index contributed by atoms with van der Waals surface area (Å²) >= 11 is 6.40. The summed E-state index contributed by atoms with van der Waals surface area (Å²) in [5.74, 6) is 0.397. The van der Waals surface area contributed by atoms with Crippen molar-refractivity contribution in [2.24, 2.45) is 5.16 Å². The average Bonchev–Trinajstić information content (AvgIpc) is 2.82. The minimum absolute atomic E-state index is 0.000179. The highest BCUT2D eigenvalue weighted by Crippen LogP contribution is 2.37. The Morgan fingerprint density at radius 2 is 1.85 bits per heavy atom. The van der Waals surface area contributed by atoms with Gasteiger partial charge in [0.1, 0.15) is 6.61 Å². The van der Waals surface area contributed by atoms with Crippen LogP contribution in [0, 0.1) is 10.1 Å². The van der Waals surface area contributed by atoms with Crippen LogP contribution in [0.2, 0.25) is 5.02 Å². The molecule has 0 bridgehead atoms. The van der Waals surface area contributed by atoms with Gasteiger partial charge in [-0.05, 0) is 48.9 Å². The molecule has 0 aliphatic rings. The van der Waals surface area contributed by atoms with Crippen molar-refractivity contribution in [1.82, 2.24) is 0 Å². The van der Waals surface area contributed by atoms with Crippen LogP contribution in [0.15, 0.2) is 71.9 Å². The number of carbonyl (C=O) groups is 1. The zero-order valence-electron chi connectivity index (χ0n) is 18.3. The molecule has 34 heavy (non-hydrogen) atoms. The van der Waals surface area contributed by atoms with Gasteiger partial charge >= 0.3 is 0 Å². The van der Waals surface area contributed by atoms with Crippen LogP contribution in [0.5, 0.6) is 11.5 Å². The lowest BCUT2D eigenvalue weighted by molar-refractivity contribution is -0.384. The third-order valence-corrected chi connectivity index (χ3v) is 4.67. The molecule has 0 aromatic heterocycles. The second-order valence-electron chi connectivity index (χ2n) is 6.90. The fourth-order valence-corrected chi connectivity index (χ4v) is 3.12. The number of anilines is 1. The molecule has 0 spiro atoms. The zero-order chi connectivity index (χ0) is 24.3. The van der Waals surface area contributed by atoms with Gasteiger partial charge < -0.3 is 19.6 Å². The minimum Gasteiger partial charge on any atom is -0.490 e. The van der Waals surface area contributed by atoms with Gasteiger partial charge in [-0.3, -0.25) is 14.9 Å². The summed E-state index contributed by atoms with van der Waals surface area (Å²) in [5, 5.41) is 17.6. The number of non-ortho nitro benzene ring substituents is 1. The molecule has 0 atom stereocenters. The van der Waals surface area contributed by atoms with Crippen LogP contribution in [-0.2, 0) is 16.2 Å². The maximum absolute atomic E-state index is 11.9. The highest BCUT2D eigenvalue weighted by atomic mass is 35.5. The van der Waals surface area contributed by atoms with E-state index in [9.17, 15) is 14.9 Å². The van der Waals surface area contributed by atoms with Gasteiger partial charge in [0.05, 0.1) is 22.8 Å². The summed E-state index contributed by atoms with van der Waals surface area (Å²) in [6.45, 7) is 2.09. The molecule has 3 aromatic carbocycles. The number of para-hydroxylation sites is 1. The van der Waals surface area contributed by atoms with Crippen molar-refractivity contribution < 1.29 is 24.0 Å². The Labute approximate surface area is 201 Å². The van der Waals surface area contributed by atoms with Crippen molar-refractivity contribution in [3.8, 4) is 11.5 Å². The van der Waals surface area contributed by atoms with Crippen molar-refractivity contribution in [3.05, 3.63) is 93.0 Å². The summed E-state index contributed by atoms with van der Waals surface area (Å²) in [6, 6.07) is 18.3. The van der Waals surface area contributed by atoms with Crippen molar-refractivity contribution in [2.45, 2.75) is 13.5 Å². The van der Waals surface area contributed by atoms with Crippen LogP contribution >= 0.6 is 11.6 Å². The molecule has 0 saturated carbocycles. The van der Waals surface area contributed by atoms with Gasteiger partial charge in [-0.25, -0.2) is 0 Å². The van der Waals surface area contributed by atoms with E-state index in [0.717, 1.165) is 5.56 Å². The Morgan fingerprint density at radius 3 is 2.53 bits per heavy atom. The molecule has 0 unspecified atom stereocenters. The first-order valence-electron chi connectivity index (χ1n) is 10.3. The molecular formula is C24H22ClN3O6. The number of nitrogens with one attached hydrogen (secondary N) is 1. The first-order valence-corrected chi connectivity index (χ1v) is 10.7. The Morgan fingerprint density at radius 1 is 1.12 bits per heavy atom. The summed E-state index contributed by atoms with van der Waals surface area (Å²) in [4.78, 5) is 27.3. The molecule has 1 amide bonds. The molecule has 0 aliphatic carbocycles. The van der Waals surface area contributed by atoms with Crippen LogP contribution in [0.3, 0.4) is 0 Å². The van der Waals surface area contributed by atoms with E-state index in [2.05, 4.69) is 10.5 Å². The zero-order valence-corrected chi connectivity index (χ0v) is 19.0. The van der Waals surface area contributed by atoms with Crippen molar-refractivity contribution in [1.29, 1.82) is 0 Å². The largest absolute Gasteiger partial charge is 0.490 e. The smallest absolute Gasteiger partial charge is 0.269 e. The number of carbonyl (C=O) groups excluding carboxylic acids is 1. The molecule has 3 aromatic rings. The predicted octanol–water partition coefficient (Wildman–Crippen LogP) is 5.22. The fourth-order valence-electron chi connectivity index (χ4n) is 2.85. The summed E-state index contributed by atoms with van der Waals surface area (Å²) < 4.78 is 11.5. The first-order chi connectivity index (χ1) is 16.5. The lowest BCUT2D eigenvalue weighted by atomic mass is 10.2. The number of nitro benzene ring substituents is 1. The van der Waals surface area contributed by atoms with Gasteiger partial charge in [-0.15, -0.1) is 0 Å². The Hall–Kier alpha value is -4.11. The van der Waals surface area contributed by atoms with E-state index in [1.165, 1.54) is 18.3 Å². The topological polar surface area (TPSA) is 112 Å². The third-order valence-electron chi connectivity index (χ3n) is 4.39. The van der Waals surface area contributed by atoms with Gasteiger partial charge in [-0.2, -0.15) is 0 Å². The van der Waals surface area contributed by atoms with Crippen LogP contribution in [0.1, 0.15) is 18.1 Å². The highest BCUT2D eigenvalue weighted by Gasteiger charge is 2.13. The number of amides is 1. The van der Waals surface area contributed by atoms with Crippen LogP contribution in [-0.4, -0.2) is 30.3 Å². The molecule has 1 N–H and O–H groups in total. The SMILES string of the molecule is CCOc1cc(C=NOCC(=O)Nc2ccccc2)cc(Cl)c1OCc1ccc([N+](=O)[O-])cc1. The van der Waals surface area contributed by atoms with Crippen LogP contribution in [0.4, 0.5) is 11.4 Å². The summed E-state index contributed by atoms with van der Waals surface area (Å²) in [7, 11) is 0. The number of nitrogens with zero attached hydrogens (tertiary/aromatic N) is 2. The summed E-state index contributed by atoms with van der Waals surface area (Å²) in [6.07, 6.45) is 1.41. The highest BCUT2D eigenvalue weighted by molar-refractivity contribution is 6.32. The minimum atomic E-state index is -0.464. The quantitative estimate of drug-likeness (QED) is 0.227. The molecule has 0 saturated heterocycles. The van der Waals surface area contributed by atoms with E-state index >= 15 is 0 Å². The lowest BCUT2D eigenvalue weighted by Crippen LogP contribution is -2.16.